The number of para-hydroxylation sites is 1. The maximum absolute atomic E-state index is 4.18. The van der Waals surface area contributed by atoms with Crippen LogP contribution in [0.25, 0.3) is 11.0 Å². The summed E-state index contributed by atoms with van der Waals surface area (Å²) in [5.41, 5.74) is 3.06. The number of aromatic nitrogens is 3. The predicted octanol–water partition coefficient (Wildman–Crippen LogP) is 1.59. The molecule has 0 aliphatic carbocycles. The van der Waals surface area contributed by atoms with Gasteiger partial charge in [-0.05, 0) is 18.1 Å². The van der Waals surface area contributed by atoms with Crippen molar-refractivity contribution >= 4 is 11.0 Å². The van der Waals surface area contributed by atoms with Crippen molar-refractivity contribution in [1.29, 1.82) is 0 Å². The predicted molar refractivity (Wildman–Crippen MR) is 46.7 cm³/mol. The van der Waals surface area contributed by atoms with Crippen LogP contribution in [-0.2, 0) is 6.42 Å². The highest BCUT2D eigenvalue weighted by Gasteiger charge is 1.99. The van der Waals surface area contributed by atoms with Gasteiger partial charge in [-0.25, -0.2) is 4.98 Å². The van der Waals surface area contributed by atoms with Gasteiger partial charge in [-0.3, -0.25) is 0 Å². The maximum Gasteiger partial charge on any atom is 0.138 e. The summed E-state index contributed by atoms with van der Waals surface area (Å²) in [4.78, 5) is 4.18. The molecule has 0 aliphatic heterocycles. The van der Waals surface area contributed by atoms with Crippen LogP contribution in [-0.4, -0.2) is 15.2 Å². The zero-order chi connectivity index (χ0) is 8.39. The van der Waals surface area contributed by atoms with Crippen LogP contribution in [0.2, 0.25) is 0 Å². The molecular formula is C9H9N3. The lowest BCUT2D eigenvalue weighted by atomic mass is 10.1. The molecule has 60 valence electrons. The van der Waals surface area contributed by atoms with E-state index in [1.807, 2.05) is 12.1 Å². The zero-order valence-corrected chi connectivity index (χ0v) is 6.86. The van der Waals surface area contributed by atoms with E-state index < -0.39 is 0 Å². The second kappa shape index (κ2) is 2.85. The fraction of sp³-hybridized carbons (Fsp3) is 0.222. The Labute approximate surface area is 70.5 Å². The highest BCUT2D eigenvalue weighted by Crippen LogP contribution is 2.12. The number of rotatable bonds is 1. The molecule has 0 saturated heterocycles. The van der Waals surface area contributed by atoms with Crippen LogP contribution in [0.15, 0.2) is 24.5 Å². The molecule has 1 aromatic carbocycles. The van der Waals surface area contributed by atoms with Crippen LogP contribution in [0.1, 0.15) is 12.5 Å². The van der Waals surface area contributed by atoms with Gasteiger partial charge in [0.15, 0.2) is 0 Å². The summed E-state index contributed by atoms with van der Waals surface area (Å²) in [5.74, 6) is 0. The molecule has 0 saturated carbocycles. The van der Waals surface area contributed by atoms with Gasteiger partial charge in [-0.2, -0.15) is 0 Å². The Kier molecular flexibility index (Phi) is 1.70. The van der Waals surface area contributed by atoms with E-state index in [0.29, 0.717) is 0 Å². The number of aryl methyl sites for hydroxylation is 1. The summed E-state index contributed by atoms with van der Waals surface area (Å²) in [6, 6.07) is 5.98. The molecule has 2 rings (SSSR count). The van der Waals surface area contributed by atoms with Crippen LogP contribution >= 0.6 is 0 Å². The first-order valence-corrected chi connectivity index (χ1v) is 3.97. The van der Waals surface area contributed by atoms with Gasteiger partial charge in [0.05, 0.1) is 5.52 Å². The van der Waals surface area contributed by atoms with Crippen molar-refractivity contribution in [2.24, 2.45) is 0 Å². The lowest BCUT2D eigenvalue weighted by Gasteiger charge is -1.99. The van der Waals surface area contributed by atoms with E-state index in [-0.39, 0.29) is 0 Å². The van der Waals surface area contributed by atoms with Crippen molar-refractivity contribution in [2.75, 3.05) is 0 Å². The Morgan fingerprint density at radius 1 is 1.33 bits per heavy atom. The average Bonchev–Trinajstić information content (AvgIpc) is 2.17. The number of nitrogens with zero attached hydrogens (tertiary/aromatic N) is 3. The minimum atomic E-state index is 0.872. The van der Waals surface area contributed by atoms with Crippen LogP contribution < -0.4 is 0 Å². The van der Waals surface area contributed by atoms with Crippen molar-refractivity contribution < 1.29 is 0 Å². The van der Waals surface area contributed by atoms with Crippen molar-refractivity contribution in [1.82, 2.24) is 15.2 Å². The Hall–Kier alpha value is -1.51. The van der Waals surface area contributed by atoms with Gasteiger partial charge in [0, 0.05) is 0 Å². The molecule has 1 aromatic heterocycles. The zero-order valence-electron chi connectivity index (χ0n) is 6.86. The minimum absolute atomic E-state index is 0.872. The van der Waals surface area contributed by atoms with Crippen molar-refractivity contribution in [2.45, 2.75) is 13.3 Å². The first-order chi connectivity index (χ1) is 5.92. The Morgan fingerprint density at radius 2 is 2.25 bits per heavy atom. The molecular weight excluding hydrogens is 150 g/mol. The van der Waals surface area contributed by atoms with E-state index in [4.69, 9.17) is 0 Å². The van der Waals surface area contributed by atoms with Crippen LogP contribution in [0.5, 0.6) is 0 Å². The molecule has 0 aliphatic rings. The number of fused-ring (bicyclic) bond motifs is 1. The monoisotopic (exact) mass is 159 g/mol. The van der Waals surface area contributed by atoms with E-state index in [9.17, 15) is 0 Å². The van der Waals surface area contributed by atoms with Gasteiger partial charge in [0.2, 0.25) is 0 Å². The number of benzene rings is 1. The standard InChI is InChI=1S/C9H9N3/c1-2-7-4-3-5-8-9(7)10-6-11-12-8/h3-6H,2H2,1H3. The Bertz CT molecular complexity index is 392. The summed E-state index contributed by atoms with van der Waals surface area (Å²) in [6.45, 7) is 2.11. The van der Waals surface area contributed by atoms with E-state index in [0.717, 1.165) is 17.5 Å². The van der Waals surface area contributed by atoms with Gasteiger partial charge >= 0.3 is 0 Å². The molecule has 1 heterocycles. The molecule has 0 fully saturated rings. The van der Waals surface area contributed by atoms with Crippen LogP contribution in [0.3, 0.4) is 0 Å². The topological polar surface area (TPSA) is 38.7 Å². The van der Waals surface area contributed by atoms with Gasteiger partial charge in [0.25, 0.3) is 0 Å². The van der Waals surface area contributed by atoms with Crippen molar-refractivity contribution in [3.05, 3.63) is 30.1 Å². The smallest absolute Gasteiger partial charge is 0.138 e. The molecule has 0 amide bonds. The van der Waals surface area contributed by atoms with Gasteiger partial charge < -0.3 is 0 Å². The molecule has 0 unspecified atom stereocenters. The molecule has 2 aromatic rings. The molecule has 0 spiro atoms. The minimum Gasteiger partial charge on any atom is -0.232 e. The Balaban J connectivity index is 2.79. The lowest BCUT2D eigenvalue weighted by Crippen LogP contribution is -1.90. The number of hydrogen-bond donors (Lipinski definition) is 0. The fourth-order valence-corrected chi connectivity index (χ4v) is 1.26. The Morgan fingerprint density at radius 3 is 3.08 bits per heavy atom. The van der Waals surface area contributed by atoms with E-state index in [1.165, 1.54) is 11.9 Å². The van der Waals surface area contributed by atoms with E-state index >= 15 is 0 Å². The molecule has 0 bridgehead atoms. The van der Waals surface area contributed by atoms with Crippen molar-refractivity contribution in [3.8, 4) is 0 Å². The molecule has 0 atom stereocenters. The fourth-order valence-electron chi connectivity index (χ4n) is 1.26. The van der Waals surface area contributed by atoms with Crippen molar-refractivity contribution in [3.63, 3.8) is 0 Å². The highest BCUT2D eigenvalue weighted by molar-refractivity contribution is 5.76. The summed E-state index contributed by atoms with van der Waals surface area (Å²) in [6.07, 6.45) is 2.47. The summed E-state index contributed by atoms with van der Waals surface area (Å²) < 4.78 is 0. The second-order valence-corrected chi connectivity index (χ2v) is 2.60. The summed E-state index contributed by atoms with van der Waals surface area (Å²) in [5, 5.41) is 7.70. The molecule has 0 N–H and O–H groups in total. The third-order valence-corrected chi connectivity index (χ3v) is 1.88. The first kappa shape index (κ1) is 7.16. The molecule has 3 heteroatoms. The van der Waals surface area contributed by atoms with Gasteiger partial charge in [-0.1, -0.05) is 19.1 Å². The lowest BCUT2D eigenvalue weighted by molar-refractivity contribution is 1.01. The molecule has 12 heavy (non-hydrogen) atoms. The largest absolute Gasteiger partial charge is 0.232 e. The third kappa shape index (κ3) is 1.03. The van der Waals surface area contributed by atoms with Crippen LogP contribution in [0, 0.1) is 0 Å². The molecule has 3 nitrogen and oxygen atoms in total. The average molecular weight is 159 g/mol. The van der Waals surface area contributed by atoms with Gasteiger partial charge in [-0.15, -0.1) is 10.2 Å². The normalized spacial score (nSPS) is 10.4. The molecule has 0 radical (unpaired) electrons. The third-order valence-electron chi connectivity index (χ3n) is 1.88. The SMILES string of the molecule is CCc1cccc2nncnc12. The number of hydrogen-bond acceptors (Lipinski definition) is 3. The summed E-state index contributed by atoms with van der Waals surface area (Å²) >= 11 is 0. The van der Waals surface area contributed by atoms with Gasteiger partial charge in [0.1, 0.15) is 11.8 Å². The second-order valence-electron chi connectivity index (χ2n) is 2.60. The highest BCUT2D eigenvalue weighted by atomic mass is 15.1. The van der Waals surface area contributed by atoms with E-state index in [1.54, 1.807) is 0 Å². The summed E-state index contributed by atoms with van der Waals surface area (Å²) in [7, 11) is 0. The quantitative estimate of drug-likeness (QED) is 0.634. The van der Waals surface area contributed by atoms with Crippen LogP contribution in [0.4, 0.5) is 0 Å². The maximum atomic E-state index is 4.18. The van der Waals surface area contributed by atoms with E-state index in [2.05, 4.69) is 28.2 Å². The first-order valence-electron chi connectivity index (χ1n) is 3.97.